The van der Waals surface area contributed by atoms with Gasteiger partial charge >= 0.3 is 6.01 Å². The molecular formula is C32H34F3N5O3. The maximum Gasteiger partial charge on any atom is 0.319 e. The van der Waals surface area contributed by atoms with Crippen molar-refractivity contribution in [2.75, 3.05) is 37.7 Å². The molecular weight excluding hydrogens is 559 g/mol. The number of halogens is 3. The number of ether oxygens (including phenoxy) is 1. The summed E-state index contributed by atoms with van der Waals surface area (Å²) in [7, 11) is 0. The summed E-state index contributed by atoms with van der Waals surface area (Å²) < 4.78 is 52.1. The second-order valence-corrected chi connectivity index (χ2v) is 12.0. The second kappa shape index (κ2) is 10.8. The highest BCUT2D eigenvalue weighted by Gasteiger charge is 2.49. The van der Waals surface area contributed by atoms with Crippen LogP contribution >= 0.6 is 0 Å². The lowest BCUT2D eigenvalue weighted by Gasteiger charge is -2.31. The highest BCUT2D eigenvalue weighted by Crippen LogP contribution is 2.42. The van der Waals surface area contributed by atoms with E-state index < -0.39 is 23.3 Å². The Morgan fingerprint density at radius 2 is 2.00 bits per heavy atom. The summed E-state index contributed by atoms with van der Waals surface area (Å²) in [4.78, 5) is 17.7. The number of hydrogen-bond donors (Lipinski definition) is 2. The number of aromatic hydroxyl groups is 1. The van der Waals surface area contributed by atoms with E-state index in [1.54, 1.807) is 6.07 Å². The number of pyridine rings is 1. The van der Waals surface area contributed by atoms with Gasteiger partial charge in [0.15, 0.2) is 5.82 Å². The van der Waals surface area contributed by atoms with Crippen molar-refractivity contribution < 1.29 is 28.1 Å². The fourth-order valence-corrected chi connectivity index (χ4v) is 7.48. The van der Waals surface area contributed by atoms with Crippen LogP contribution in [-0.4, -0.2) is 80.7 Å². The fourth-order valence-electron chi connectivity index (χ4n) is 7.48. The molecule has 226 valence electrons. The van der Waals surface area contributed by atoms with Gasteiger partial charge in [0.2, 0.25) is 0 Å². The zero-order valence-electron chi connectivity index (χ0n) is 24.0. The monoisotopic (exact) mass is 593 g/mol. The molecule has 4 aromatic rings. The van der Waals surface area contributed by atoms with Gasteiger partial charge in [-0.15, -0.1) is 0 Å². The standard InChI is InChI=1S/C32H34F3N5O3/c1-2-22-25(34)7-6-18-11-21(42)12-23(26(18)22)28-27(35)29-24(14-36-28)30(40-10-3-5-20(40)16-41)38-31(37-29)43-17-32-8-4-9-39(32)15-19(33)13-32/h6-7,11-12,14,19-20,41-42H,2-5,8-10,13,15-17H2,1H3/t19-,20+,32+/m1/s1. The molecule has 0 saturated carbocycles. The number of aliphatic hydroxyl groups excluding tert-OH is 1. The first-order chi connectivity index (χ1) is 20.8. The zero-order valence-corrected chi connectivity index (χ0v) is 24.0. The van der Waals surface area contributed by atoms with Crippen LogP contribution in [0.2, 0.25) is 0 Å². The third-order valence-electron chi connectivity index (χ3n) is 9.50. The Morgan fingerprint density at radius 1 is 1.14 bits per heavy atom. The van der Waals surface area contributed by atoms with Gasteiger partial charge < -0.3 is 19.8 Å². The average molecular weight is 594 g/mol. The molecule has 0 aliphatic carbocycles. The first kappa shape index (κ1) is 28.1. The summed E-state index contributed by atoms with van der Waals surface area (Å²) in [6, 6.07) is 5.56. The van der Waals surface area contributed by atoms with E-state index in [1.165, 1.54) is 24.4 Å². The predicted molar refractivity (Wildman–Crippen MR) is 157 cm³/mol. The number of phenols is 1. The van der Waals surface area contributed by atoms with Gasteiger partial charge in [0.05, 0.1) is 23.6 Å². The number of aromatic nitrogens is 3. The van der Waals surface area contributed by atoms with Crippen molar-refractivity contribution >= 4 is 27.5 Å². The maximum atomic E-state index is 16.7. The summed E-state index contributed by atoms with van der Waals surface area (Å²) in [5.41, 5.74) is 0.0916. The lowest BCUT2D eigenvalue weighted by atomic mass is 9.94. The number of benzene rings is 2. The van der Waals surface area contributed by atoms with Gasteiger partial charge in [-0.1, -0.05) is 13.0 Å². The lowest BCUT2D eigenvalue weighted by molar-refractivity contribution is 0.107. The van der Waals surface area contributed by atoms with Crippen LogP contribution < -0.4 is 9.64 Å². The van der Waals surface area contributed by atoms with Gasteiger partial charge in [0.1, 0.15) is 41.4 Å². The van der Waals surface area contributed by atoms with Crippen LogP contribution in [0.5, 0.6) is 11.8 Å². The van der Waals surface area contributed by atoms with Crippen LogP contribution in [0.1, 0.15) is 44.6 Å². The van der Waals surface area contributed by atoms with Gasteiger partial charge in [0.25, 0.3) is 0 Å². The fraction of sp³-hybridized carbons (Fsp3) is 0.469. The SMILES string of the molecule is CCc1c(F)ccc2cc(O)cc(-c3ncc4c(N5CCC[C@H]5CO)nc(OC[C@@]56CCCN5C[C@H](F)C6)nc4c3F)c12. The molecule has 3 aliphatic rings. The van der Waals surface area contributed by atoms with E-state index in [2.05, 4.69) is 14.9 Å². The molecule has 8 nitrogen and oxygen atoms in total. The van der Waals surface area contributed by atoms with E-state index in [-0.39, 0.29) is 47.8 Å². The molecule has 3 saturated heterocycles. The second-order valence-electron chi connectivity index (χ2n) is 12.0. The molecule has 0 radical (unpaired) electrons. The summed E-state index contributed by atoms with van der Waals surface area (Å²) in [5, 5.41) is 22.0. The number of alkyl halides is 1. The van der Waals surface area contributed by atoms with Crippen LogP contribution in [0.3, 0.4) is 0 Å². The number of aryl methyl sites for hydroxylation is 1. The number of aliphatic hydroxyl groups is 1. The number of hydrogen-bond acceptors (Lipinski definition) is 8. The third kappa shape index (κ3) is 4.64. The normalized spacial score (nSPS) is 24.0. The van der Waals surface area contributed by atoms with Crippen LogP contribution in [-0.2, 0) is 6.42 Å². The highest BCUT2D eigenvalue weighted by atomic mass is 19.1. The molecule has 0 spiro atoms. The van der Waals surface area contributed by atoms with E-state index in [9.17, 15) is 19.0 Å². The zero-order chi connectivity index (χ0) is 29.9. The summed E-state index contributed by atoms with van der Waals surface area (Å²) in [6.07, 6.45) is 4.63. The third-order valence-corrected chi connectivity index (χ3v) is 9.50. The Kier molecular flexibility index (Phi) is 7.04. The highest BCUT2D eigenvalue weighted by molar-refractivity contribution is 6.01. The quantitative estimate of drug-likeness (QED) is 0.298. The molecule has 0 amide bonds. The van der Waals surface area contributed by atoms with Crippen molar-refractivity contribution in [3.05, 3.63) is 47.7 Å². The minimum absolute atomic E-state index is 0.0323. The van der Waals surface area contributed by atoms with Crippen molar-refractivity contribution in [2.45, 2.75) is 63.2 Å². The van der Waals surface area contributed by atoms with Gasteiger partial charge in [-0.05, 0) is 73.2 Å². The summed E-state index contributed by atoms with van der Waals surface area (Å²) in [5.74, 6) is -0.869. The molecule has 0 unspecified atom stereocenters. The molecule has 3 atom stereocenters. The molecule has 3 fully saturated rings. The number of fused-ring (bicyclic) bond motifs is 3. The molecule has 2 aromatic heterocycles. The van der Waals surface area contributed by atoms with E-state index >= 15 is 4.39 Å². The van der Waals surface area contributed by atoms with Crippen LogP contribution in [0, 0.1) is 11.6 Å². The molecule has 5 heterocycles. The average Bonchev–Trinajstić information content (AvgIpc) is 3.70. The maximum absolute atomic E-state index is 16.7. The molecule has 43 heavy (non-hydrogen) atoms. The largest absolute Gasteiger partial charge is 0.508 e. The smallest absolute Gasteiger partial charge is 0.319 e. The van der Waals surface area contributed by atoms with E-state index in [4.69, 9.17) is 9.72 Å². The first-order valence-corrected chi connectivity index (χ1v) is 15.0. The predicted octanol–water partition coefficient (Wildman–Crippen LogP) is 5.31. The molecule has 2 N–H and O–H groups in total. The Labute approximate surface area is 247 Å². The lowest BCUT2D eigenvalue weighted by Crippen LogP contribution is -2.43. The van der Waals surface area contributed by atoms with Crippen molar-refractivity contribution in [2.24, 2.45) is 0 Å². The Hall–Kier alpha value is -3.70. The number of anilines is 1. The number of nitrogens with zero attached hydrogens (tertiary/aromatic N) is 5. The molecule has 11 heteroatoms. The minimum atomic E-state index is -0.923. The van der Waals surface area contributed by atoms with Crippen LogP contribution in [0.15, 0.2) is 30.5 Å². The van der Waals surface area contributed by atoms with E-state index in [0.29, 0.717) is 53.5 Å². The molecule has 7 rings (SSSR count). The van der Waals surface area contributed by atoms with Gasteiger partial charge in [-0.3, -0.25) is 9.88 Å². The van der Waals surface area contributed by atoms with Crippen molar-refractivity contribution in [3.63, 3.8) is 0 Å². The van der Waals surface area contributed by atoms with Crippen molar-refractivity contribution in [1.29, 1.82) is 0 Å². The van der Waals surface area contributed by atoms with Gasteiger partial charge in [0, 0.05) is 31.3 Å². The Morgan fingerprint density at radius 3 is 2.81 bits per heavy atom. The summed E-state index contributed by atoms with van der Waals surface area (Å²) in [6.45, 7) is 3.69. The van der Waals surface area contributed by atoms with Crippen LogP contribution in [0.25, 0.3) is 32.9 Å². The first-order valence-electron chi connectivity index (χ1n) is 15.0. The minimum Gasteiger partial charge on any atom is -0.508 e. The van der Waals surface area contributed by atoms with Crippen LogP contribution in [0.4, 0.5) is 19.0 Å². The van der Waals surface area contributed by atoms with Crippen molar-refractivity contribution in [1.82, 2.24) is 19.9 Å². The topological polar surface area (TPSA) is 94.8 Å². The molecule has 3 aliphatic heterocycles. The Balaban J connectivity index is 1.39. The summed E-state index contributed by atoms with van der Waals surface area (Å²) >= 11 is 0. The van der Waals surface area contributed by atoms with E-state index in [1.807, 2.05) is 11.8 Å². The molecule has 2 aromatic carbocycles. The number of rotatable bonds is 7. The van der Waals surface area contributed by atoms with Crippen molar-refractivity contribution in [3.8, 4) is 23.0 Å². The molecule has 0 bridgehead atoms. The van der Waals surface area contributed by atoms with E-state index in [0.717, 1.165) is 32.2 Å². The number of phenolic OH excluding ortho intramolecular Hbond substituents is 1. The van der Waals surface area contributed by atoms with Gasteiger partial charge in [-0.25, -0.2) is 13.2 Å². The van der Waals surface area contributed by atoms with Gasteiger partial charge in [-0.2, -0.15) is 9.97 Å². The Bertz CT molecular complexity index is 1720.